The number of esters is 3. The Labute approximate surface area is 300 Å². The number of carbonyl (C=O) groups is 3. The van der Waals surface area contributed by atoms with E-state index in [1.54, 1.807) is 12.1 Å². The Morgan fingerprint density at radius 2 is 1.08 bits per heavy atom. The van der Waals surface area contributed by atoms with Crippen LogP contribution in [0.1, 0.15) is 97.8 Å². The predicted molar refractivity (Wildman–Crippen MR) is 182 cm³/mol. The van der Waals surface area contributed by atoms with E-state index >= 15 is 0 Å². The highest BCUT2D eigenvalue weighted by atomic mass is 16.6. The summed E-state index contributed by atoms with van der Waals surface area (Å²) in [4.78, 5) is 37.6. The Bertz CT molecular complexity index is 2140. The number of rotatable bonds is 2. The van der Waals surface area contributed by atoms with Crippen molar-refractivity contribution in [3.63, 3.8) is 0 Å². The number of ether oxygens (including phenoxy) is 6. The zero-order valence-corrected chi connectivity index (χ0v) is 29.4. The van der Waals surface area contributed by atoms with Crippen LogP contribution in [0.2, 0.25) is 0 Å². The minimum Gasteiger partial charge on any atom is -0.449 e. The van der Waals surface area contributed by atoms with Crippen molar-refractivity contribution in [3.8, 4) is 23.0 Å². The normalized spacial score (nSPS) is 38.3. The van der Waals surface area contributed by atoms with Gasteiger partial charge in [0.05, 0.1) is 41.8 Å². The van der Waals surface area contributed by atoms with Gasteiger partial charge in [-0.2, -0.15) is 0 Å². The molecule has 10 nitrogen and oxygen atoms in total. The summed E-state index contributed by atoms with van der Waals surface area (Å²) in [6, 6.07) is 16.6. The largest absolute Gasteiger partial charge is 0.449 e. The van der Waals surface area contributed by atoms with Gasteiger partial charge in [-0.05, 0) is 95.9 Å². The van der Waals surface area contributed by atoms with Crippen molar-refractivity contribution >= 4 is 17.9 Å². The molecule has 11 unspecified atom stereocenters. The summed E-state index contributed by atoms with van der Waals surface area (Å²) in [5.74, 6) is 0.438. The van der Waals surface area contributed by atoms with Crippen molar-refractivity contribution in [1.82, 2.24) is 0 Å². The van der Waals surface area contributed by atoms with Gasteiger partial charge in [0.2, 0.25) is 6.29 Å². The van der Waals surface area contributed by atoms with E-state index in [2.05, 4.69) is 64.1 Å². The average Bonchev–Trinajstić information content (AvgIpc) is 3.56. The van der Waals surface area contributed by atoms with Crippen LogP contribution in [0.4, 0.5) is 0 Å². The van der Waals surface area contributed by atoms with Crippen LogP contribution in [0.3, 0.4) is 0 Å². The van der Waals surface area contributed by atoms with E-state index < -0.39 is 36.0 Å². The van der Waals surface area contributed by atoms with Crippen LogP contribution >= 0.6 is 0 Å². The molecule has 0 amide bonds. The Balaban J connectivity index is 1.06. The average molecular weight is 705 g/mol. The molecule has 12 rings (SSSR count). The third-order valence-corrected chi connectivity index (χ3v) is 14.3. The van der Waals surface area contributed by atoms with E-state index in [-0.39, 0.29) is 64.5 Å². The topological polar surface area (TPSA) is 127 Å². The molecule has 3 aromatic carbocycles. The third-order valence-electron chi connectivity index (χ3n) is 14.3. The standard InChI is InChI=1S/C42H40O10/c1-17(2)41-23-7-5-6-8-24(23)42(18(3)4,27-15-35-33(13-25(27)41)47-29-9-19-21(11-31(29)49-35)39(45)51-37(19)43)28-16-36-34(14-26(28)41)48-30-10-20-22(12-32(30)50-36)40(46)52-38(20)44/h5-9,11,13,15,17-18,20,22,26,28,30,32,34,36-37,43H,10,12,14,16H2,1-4H3. The first-order valence-corrected chi connectivity index (χ1v) is 18.8. The summed E-state index contributed by atoms with van der Waals surface area (Å²) in [7, 11) is 0. The second-order valence-corrected chi connectivity index (χ2v) is 16.8. The molecule has 268 valence electrons. The zero-order valence-electron chi connectivity index (χ0n) is 29.4. The minimum atomic E-state index is -1.35. The van der Waals surface area contributed by atoms with Gasteiger partial charge in [0.25, 0.3) is 0 Å². The molecule has 0 radical (unpaired) electrons. The number of aliphatic hydroxyl groups is 1. The Kier molecular flexibility index (Phi) is 6.16. The molecule has 2 saturated heterocycles. The summed E-state index contributed by atoms with van der Waals surface area (Å²) < 4.78 is 37.2. The zero-order chi connectivity index (χ0) is 35.6. The molecule has 3 aromatic rings. The number of carbonyl (C=O) groups excluding carboxylic acids is 3. The van der Waals surface area contributed by atoms with E-state index in [1.165, 1.54) is 22.3 Å². The quantitative estimate of drug-likeness (QED) is 0.180. The summed E-state index contributed by atoms with van der Waals surface area (Å²) in [5.41, 5.74) is 5.03. The van der Waals surface area contributed by atoms with Crippen LogP contribution in [0, 0.1) is 35.5 Å². The molecule has 10 heteroatoms. The molecule has 4 fully saturated rings. The minimum absolute atomic E-state index is 0.149. The fourth-order valence-corrected chi connectivity index (χ4v) is 12.4. The van der Waals surface area contributed by atoms with Crippen molar-refractivity contribution in [2.24, 2.45) is 35.5 Å². The summed E-state index contributed by atoms with van der Waals surface area (Å²) in [6.07, 6.45) is 0.318. The van der Waals surface area contributed by atoms with Crippen molar-refractivity contribution in [3.05, 3.63) is 81.9 Å². The number of fused-ring (bicyclic) bond motifs is 6. The second kappa shape index (κ2) is 10.2. The van der Waals surface area contributed by atoms with Gasteiger partial charge >= 0.3 is 17.9 Å². The maximum absolute atomic E-state index is 12.6. The molecule has 2 bridgehead atoms. The van der Waals surface area contributed by atoms with Crippen molar-refractivity contribution in [2.75, 3.05) is 0 Å². The van der Waals surface area contributed by atoms with E-state index in [9.17, 15) is 19.5 Å². The van der Waals surface area contributed by atoms with Gasteiger partial charge in [-0.3, -0.25) is 9.59 Å². The van der Waals surface area contributed by atoms with Crippen molar-refractivity contribution in [2.45, 2.75) is 94.9 Å². The molecule has 9 aliphatic rings. The maximum Gasteiger partial charge on any atom is 0.341 e. The van der Waals surface area contributed by atoms with E-state index in [0.717, 1.165) is 12.8 Å². The highest BCUT2D eigenvalue weighted by molar-refractivity contribution is 5.97. The third kappa shape index (κ3) is 3.64. The molecule has 4 heterocycles. The highest BCUT2D eigenvalue weighted by Gasteiger charge is 2.70. The van der Waals surface area contributed by atoms with Gasteiger partial charge in [0.15, 0.2) is 23.0 Å². The second-order valence-electron chi connectivity index (χ2n) is 16.8. The first kappa shape index (κ1) is 31.3. The lowest BCUT2D eigenvalue weighted by Crippen LogP contribution is -2.68. The van der Waals surface area contributed by atoms with Crippen LogP contribution in [-0.4, -0.2) is 47.4 Å². The van der Waals surface area contributed by atoms with Gasteiger partial charge in [-0.1, -0.05) is 52.0 Å². The van der Waals surface area contributed by atoms with E-state index in [1.807, 2.05) is 0 Å². The van der Waals surface area contributed by atoms with Gasteiger partial charge in [-0.15, -0.1) is 0 Å². The Morgan fingerprint density at radius 1 is 0.615 bits per heavy atom. The first-order valence-electron chi connectivity index (χ1n) is 18.8. The van der Waals surface area contributed by atoms with Crippen molar-refractivity contribution < 1.29 is 47.9 Å². The highest BCUT2D eigenvalue weighted by Crippen LogP contribution is 2.73. The number of cyclic esters (lactones) is 3. The molecule has 0 spiro atoms. The number of hydrogen-bond donors (Lipinski definition) is 1. The fraction of sp³-hybridized carbons (Fsp3) is 0.500. The number of aliphatic hydroxyl groups excluding tert-OH is 1. The first-order chi connectivity index (χ1) is 25.0. The Morgan fingerprint density at radius 3 is 1.58 bits per heavy atom. The summed E-state index contributed by atoms with van der Waals surface area (Å²) >= 11 is 0. The van der Waals surface area contributed by atoms with Crippen molar-refractivity contribution in [1.29, 1.82) is 0 Å². The van der Waals surface area contributed by atoms with Crippen LogP contribution < -0.4 is 9.47 Å². The lowest BCUT2D eigenvalue weighted by Gasteiger charge is -2.69. The van der Waals surface area contributed by atoms with Gasteiger partial charge < -0.3 is 33.5 Å². The van der Waals surface area contributed by atoms with Crippen LogP contribution in [0.25, 0.3) is 0 Å². The van der Waals surface area contributed by atoms with Crippen LogP contribution in [-0.2, 0) is 39.4 Å². The smallest absolute Gasteiger partial charge is 0.341 e. The fourth-order valence-electron chi connectivity index (χ4n) is 12.4. The predicted octanol–water partition coefficient (Wildman–Crippen LogP) is 6.61. The van der Waals surface area contributed by atoms with E-state index in [0.29, 0.717) is 41.4 Å². The molecule has 4 aliphatic heterocycles. The monoisotopic (exact) mass is 704 g/mol. The summed E-state index contributed by atoms with van der Waals surface area (Å²) in [6.45, 7) is 9.29. The SMILES string of the molecule is CC(C)C12c3ccccc3C(C(C)C)(c3cc4c(cc31)Oc1cc3c(cc1O4)C(O)OC3=O)C1CC3OC4CC5C(=O)OC(=O)C5CC4OC3CC12. The molecular weight excluding hydrogens is 664 g/mol. The molecule has 1 N–H and O–H groups in total. The van der Waals surface area contributed by atoms with Gasteiger partial charge in [0, 0.05) is 16.4 Å². The number of hydrogen-bond acceptors (Lipinski definition) is 10. The molecule has 5 aliphatic carbocycles. The summed E-state index contributed by atoms with van der Waals surface area (Å²) in [5, 5.41) is 10.4. The lowest BCUT2D eigenvalue weighted by molar-refractivity contribution is -0.264. The van der Waals surface area contributed by atoms with Gasteiger partial charge in [0.1, 0.15) is 0 Å². The molecule has 52 heavy (non-hydrogen) atoms. The molecule has 0 aromatic heterocycles. The van der Waals surface area contributed by atoms with Crippen LogP contribution in [0.15, 0.2) is 48.5 Å². The van der Waals surface area contributed by atoms with E-state index in [4.69, 9.17) is 28.4 Å². The molecule has 11 atom stereocenters. The lowest BCUT2D eigenvalue weighted by atomic mass is 9.35. The molecular formula is C42H40O10. The number of benzene rings is 3. The Hall–Kier alpha value is -4.25. The molecule has 2 saturated carbocycles. The van der Waals surface area contributed by atoms with Crippen LogP contribution in [0.5, 0.6) is 23.0 Å². The van der Waals surface area contributed by atoms with Gasteiger partial charge in [-0.25, -0.2) is 4.79 Å². The maximum atomic E-state index is 12.6.